The zero-order chi connectivity index (χ0) is 12.3. The maximum Gasteiger partial charge on any atom is 0.197 e. The first kappa shape index (κ1) is 11.7. The predicted octanol–water partition coefficient (Wildman–Crippen LogP) is 2.58. The fourth-order valence-corrected chi connectivity index (χ4v) is 2.28. The summed E-state index contributed by atoms with van der Waals surface area (Å²) >= 11 is 1.41. The van der Waals surface area contributed by atoms with Crippen LogP contribution in [0, 0.1) is 18.3 Å². The molecular formula is C12H12N4S. The topological polar surface area (TPSA) is 54.5 Å². The summed E-state index contributed by atoms with van der Waals surface area (Å²) in [5, 5.41) is 17.6. The van der Waals surface area contributed by atoms with Gasteiger partial charge in [-0.2, -0.15) is 5.26 Å². The molecule has 0 saturated carbocycles. The van der Waals surface area contributed by atoms with Gasteiger partial charge in [-0.15, -0.1) is 10.2 Å². The minimum Gasteiger partial charge on any atom is -0.274 e. The highest BCUT2D eigenvalue weighted by atomic mass is 32.2. The Morgan fingerprint density at radius 3 is 2.65 bits per heavy atom. The lowest BCUT2D eigenvalue weighted by Gasteiger charge is -2.08. The second kappa shape index (κ2) is 5.02. The molecule has 2 aromatic rings. The summed E-state index contributed by atoms with van der Waals surface area (Å²) in [4.78, 5) is 0. The van der Waals surface area contributed by atoms with Crippen LogP contribution in [0.1, 0.15) is 12.7 Å². The summed E-state index contributed by atoms with van der Waals surface area (Å²) in [5.74, 6) is 0.823. The van der Waals surface area contributed by atoms with E-state index in [1.807, 2.05) is 48.7 Å². The zero-order valence-corrected chi connectivity index (χ0v) is 10.5. The molecule has 0 N–H and O–H groups in total. The van der Waals surface area contributed by atoms with Gasteiger partial charge in [0.05, 0.1) is 11.3 Å². The van der Waals surface area contributed by atoms with E-state index in [9.17, 15) is 0 Å². The third-order valence-corrected chi connectivity index (χ3v) is 3.21. The van der Waals surface area contributed by atoms with Gasteiger partial charge < -0.3 is 0 Å². The highest BCUT2D eigenvalue weighted by Crippen LogP contribution is 2.24. The summed E-state index contributed by atoms with van der Waals surface area (Å²) in [6, 6.07) is 12.1. The molecule has 0 saturated heterocycles. The maximum absolute atomic E-state index is 8.84. The van der Waals surface area contributed by atoms with Gasteiger partial charge in [0.15, 0.2) is 5.16 Å². The van der Waals surface area contributed by atoms with Crippen molar-refractivity contribution in [3.8, 4) is 11.8 Å². The lowest BCUT2D eigenvalue weighted by molar-refractivity contribution is 0.866. The second-order valence-corrected chi connectivity index (χ2v) is 4.90. The van der Waals surface area contributed by atoms with Crippen LogP contribution in [-0.4, -0.2) is 20.0 Å². The monoisotopic (exact) mass is 244 g/mol. The Labute approximate surface area is 104 Å². The van der Waals surface area contributed by atoms with Crippen molar-refractivity contribution in [3.63, 3.8) is 0 Å². The number of aryl methyl sites for hydroxylation is 1. The third kappa shape index (κ3) is 2.48. The Morgan fingerprint density at radius 2 is 2.00 bits per heavy atom. The molecule has 0 radical (unpaired) electrons. The lowest BCUT2D eigenvalue weighted by atomic mass is 10.3. The summed E-state index contributed by atoms with van der Waals surface area (Å²) in [6.45, 7) is 3.76. The number of rotatable bonds is 3. The van der Waals surface area contributed by atoms with Gasteiger partial charge in [-0.25, -0.2) is 0 Å². The molecule has 0 bridgehead atoms. The first-order valence-electron chi connectivity index (χ1n) is 5.26. The quantitative estimate of drug-likeness (QED) is 0.779. The van der Waals surface area contributed by atoms with Crippen LogP contribution in [0.15, 0.2) is 35.5 Å². The van der Waals surface area contributed by atoms with Crippen LogP contribution in [0.2, 0.25) is 0 Å². The molecule has 0 aliphatic heterocycles. The second-order valence-electron chi connectivity index (χ2n) is 3.59. The van der Waals surface area contributed by atoms with Crippen molar-refractivity contribution >= 4 is 11.8 Å². The van der Waals surface area contributed by atoms with E-state index >= 15 is 0 Å². The Balaban J connectivity index is 2.41. The number of thioether (sulfide) groups is 1. The molecule has 5 heteroatoms. The molecule has 1 atom stereocenters. The standard InChI is InChI=1S/C12H12N4S/c1-9(8-13)17-12-15-14-10(2)16(12)11-6-4-3-5-7-11/h3-7,9H,1-2H3/t9-/m0/s1. The normalized spacial score (nSPS) is 12.1. The van der Waals surface area contributed by atoms with Crippen molar-refractivity contribution < 1.29 is 0 Å². The molecule has 0 amide bonds. The first-order chi connectivity index (χ1) is 8.22. The van der Waals surface area contributed by atoms with Gasteiger partial charge in [-0.1, -0.05) is 30.0 Å². The number of para-hydroxylation sites is 1. The van der Waals surface area contributed by atoms with Gasteiger partial charge in [0.25, 0.3) is 0 Å². The van der Waals surface area contributed by atoms with Crippen LogP contribution in [-0.2, 0) is 0 Å². The number of aromatic nitrogens is 3. The van der Waals surface area contributed by atoms with Crippen LogP contribution in [0.4, 0.5) is 0 Å². The van der Waals surface area contributed by atoms with E-state index in [0.717, 1.165) is 16.7 Å². The van der Waals surface area contributed by atoms with Gasteiger partial charge in [0.1, 0.15) is 5.82 Å². The van der Waals surface area contributed by atoms with Crippen molar-refractivity contribution in [2.75, 3.05) is 0 Å². The molecular weight excluding hydrogens is 232 g/mol. The van der Waals surface area contributed by atoms with E-state index in [-0.39, 0.29) is 5.25 Å². The van der Waals surface area contributed by atoms with Crippen LogP contribution in [0.3, 0.4) is 0 Å². The molecule has 4 nitrogen and oxygen atoms in total. The van der Waals surface area contributed by atoms with Crippen molar-refractivity contribution in [1.82, 2.24) is 14.8 Å². The Hall–Kier alpha value is -1.80. The Morgan fingerprint density at radius 1 is 1.29 bits per heavy atom. The van der Waals surface area contributed by atoms with Gasteiger partial charge in [0, 0.05) is 5.69 Å². The minimum atomic E-state index is -0.138. The number of benzene rings is 1. The summed E-state index contributed by atoms with van der Waals surface area (Å²) in [5.41, 5.74) is 1.02. The Bertz CT molecular complexity index is 541. The highest BCUT2D eigenvalue weighted by Gasteiger charge is 2.13. The molecule has 0 spiro atoms. The largest absolute Gasteiger partial charge is 0.274 e. The molecule has 86 valence electrons. The SMILES string of the molecule is Cc1nnc(S[C@@H](C)C#N)n1-c1ccccc1. The van der Waals surface area contributed by atoms with E-state index in [0.29, 0.717) is 0 Å². The summed E-state index contributed by atoms with van der Waals surface area (Å²) < 4.78 is 1.96. The molecule has 0 fully saturated rings. The average Bonchev–Trinajstić information content (AvgIpc) is 2.71. The van der Waals surface area contributed by atoms with Crippen LogP contribution in [0.25, 0.3) is 5.69 Å². The van der Waals surface area contributed by atoms with Gasteiger partial charge >= 0.3 is 0 Å². The number of nitrogens with zero attached hydrogens (tertiary/aromatic N) is 4. The van der Waals surface area contributed by atoms with Crippen LogP contribution >= 0.6 is 11.8 Å². The lowest BCUT2D eigenvalue weighted by Crippen LogP contribution is -2.01. The van der Waals surface area contributed by atoms with E-state index in [4.69, 9.17) is 5.26 Å². The molecule has 1 aromatic carbocycles. The summed E-state index contributed by atoms with van der Waals surface area (Å²) in [7, 11) is 0. The van der Waals surface area contributed by atoms with E-state index < -0.39 is 0 Å². The molecule has 1 aromatic heterocycles. The van der Waals surface area contributed by atoms with Crippen molar-refractivity contribution in [1.29, 1.82) is 5.26 Å². The minimum absolute atomic E-state index is 0.138. The first-order valence-corrected chi connectivity index (χ1v) is 6.14. The third-order valence-electron chi connectivity index (χ3n) is 2.27. The zero-order valence-electron chi connectivity index (χ0n) is 9.66. The van der Waals surface area contributed by atoms with Gasteiger partial charge in [-0.05, 0) is 26.0 Å². The van der Waals surface area contributed by atoms with Crippen molar-refractivity contribution in [2.45, 2.75) is 24.3 Å². The fourth-order valence-electron chi connectivity index (χ4n) is 1.48. The molecule has 17 heavy (non-hydrogen) atoms. The Kier molecular flexibility index (Phi) is 3.45. The molecule has 0 unspecified atom stereocenters. The number of nitriles is 1. The van der Waals surface area contributed by atoms with Crippen molar-refractivity contribution in [3.05, 3.63) is 36.2 Å². The predicted molar refractivity (Wildman–Crippen MR) is 67.0 cm³/mol. The molecule has 0 aliphatic rings. The smallest absolute Gasteiger partial charge is 0.197 e. The van der Waals surface area contributed by atoms with E-state index in [2.05, 4.69) is 16.3 Å². The molecule has 0 aliphatic carbocycles. The van der Waals surface area contributed by atoms with E-state index in [1.165, 1.54) is 11.8 Å². The average molecular weight is 244 g/mol. The maximum atomic E-state index is 8.84. The molecule has 1 heterocycles. The van der Waals surface area contributed by atoms with Crippen molar-refractivity contribution in [2.24, 2.45) is 0 Å². The number of hydrogen-bond acceptors (Lipinski definition) is 4. The van der Waals surface area contributed by atoms with Gasteiger partial charge in [0.2, 0.25) is 0 Å². The van der Waals surface area contributed by atoms with E-state index in [1.54, 1.807) is 0 Å². The van der Waals surface area contributed by atoms with Crippen LogP contribution in [0.5, 0.6) is 0 Å². The number of hydrogen-bond donors (Lipinski definition) is 0. The fraction of sp³-hybridized carbons (Fsp3) is 0.250. The molecule has 2 rings (SSSR count). The summed E-state index contributed by atoms with van der Waals surface area (Å²) in [6.07, 6.45) is 0. The van der Waals surface area contributed by atoms with Crippen LogP contribution < -0.4 is 0 Å². The van der Waals surface area contributed by atoms with Gasteiger partial charge in [-0.3, -0.25) is 4.57 Å². The highest BCUT2D eigenvalue weighted by molar-refractivity contribution is 8.00.